The van der Waals surface area contributed by atoms with E-state index in [2.05, 4.69) is 32.1 Å². The average molecular weight is 468 g/mol. The van der Waals surface area contributed by atoms with Gasteiger partial charge in [0.15, 0.2) is 11.8 Å². The fourth-order valence-electron chi connectivity index (χ4n) is 2.35. The summed E-state index contributed by atoms with van der Waals surface area (Å²) in [5.41, 5.74) is 0. The van der Waals surface area contributed by atoms with Crippen molar-refractivity contribution in [1.82, 2.24) is 25.4 Å². The normalized spacial score (nSPS) is 17.6. The molecule has 1 aliphatic heterocycles. The Balaban J connectivity index is 0.00000288. The molecule has 0 aromatic carbocycles. The molecule has 9 heteroatoms. The Kier molecular flexibility index (Phi) is 10.7. The Bertz CT molecular complexity index is 504. The Morgan fingerprint density at radius 2 is 2.25 bits per heavy atom. The smallest absolute Gasteiger partial charge is 0.191 e. The number of thioether (sulfide) groups is 1. The molecule has 2 heterocycles. The van der Waals surface area contributed by atoms with Gasteiger partial charge in [0.05, 0.1) is 6.10 Å². The van der Waals surface area contributed by atoms with Crippen molar-refractivity contribution in [2.75, 3.05) is 31.7 Å². The second-order valence-corrected chi connectivity index (χ2v) is 6.66. The molecule has 138 valence electrons. The lowest BCUT2D eigenvalue weighted by atomic mass is 10.2. The van der Waals surface area contributed by atoms with Crippen LogP contribution in [0.25, 0.3) is 0 Å². The lowest BCUT2D eigenvalue weighted by Gasteiger charge is -2.15. The highest BCUT2D eigenvalue weighted by atomic mass is 127. The summed E-state index contributed by atoms with van der Waals surface area (Å²) in [5, 5.41) is 15.0. The Hall–Kier alpha value is -0.550. The van der Waals surface area contributed by atoms with E-state index in [9.17, 15) is 0 Å². The SMILES string of the molecule is CSCCCNC(=NCc1nnc(C)n1C)NCC1CCCO1.I. The van der Waals surface area contributed by atoms with Crippen molar-refractivity contribution in [2.24, 2.45) is 12.0 Å². The Morgan fingerprint density at radius 1 is 1.42 bits per heavy atom. The van der Waals surface area contributed by atoms with E-state index in [0.29, 0.717) is 12.6 Å². The van der Waals surface area contributed by atoms with E-state index in [4.69, 9.17) is 4.74 Å². The van der Waals surface area contributed by atoms with Gasteiger partial charge in [0.2, 0.25) is 0 Å². The number of rotatable bonds is 8. The van der Waals surface area contributed by atoms with Crippen LogP contribution in [-0.2, 0) is 18.3 Å². The number of nitrogens with one attached hydrogen (secondary N) is 2. The number of hydrogen-bond acceptors (Lipinski definition) is 5. The van der Waals surface area contributed by atoms with E-state index in [-0.39, 0.29) is 24.0 Å². The highest BCUT2D eigenvalue weighted by Gasteiger charge is 2.15. The second kappa shape index (κ2) is 11.9. The first-order valence-electron chi connectivity index (χ1n) is 8.18. The van der Waals surface area contributed by atoms with E-state index >= 15 is 0 Å². The summed E-state index contributed by atoms with van der Waals surface area (Å²) in [6.07, 6.45) is 5.81. The van der Waals surface area contributed by atoms with Gasteiger partial charge in [0, 0.05) is 26.7 Å². The zero-order chi connectivity index (χ0) is 16.5. The second-order valence-electron chi connectivity index (χ2n) is 5.68. The van der Waals surface area contributed by atoms with E-state index in [1.165, 1.54) is 0 Å². The van der Waals surface area contributed by atoms with E-state index in [0.717, 1.165) is 62.3 Å². The van der Waals surface area contributed by atoms with Crippen LogP contribution in [0, 0.1) is 6.92 Å². The molecule has 24 heavy (non-hydrogen) atoms. The molecule has 7 nitrogen and oxygen atoms in total. The van der Waals surface area contributed by atoms with E-state index in [1.807, 2.05) is 30.3 Å². The number of aliphatic imine (C=N–C) groups is 1. The number of aryl methyl sites for hydroxylation is 1. The average Bonchev–Trinajstić information content (AvgIpc) is 3.18. The summed E-state index contributed by atoms with van der Waals surface area (Å²) in [7, 11) is 1.96. The molecule has 1 aromatic heterocycles. The van der Waals surface area contributed by atoms with E-state index in [1.54, 1.807) is 0 Å². The molecule has 2 rings (SSSR count). The molecule has 0 saturated carbocycles. The Labute approximate surface area is 165 Å². The van der Waals surface area contributed by atoms with Crippen LogP contribution in [0.4, 0.5) is 0 Å². The topological polar surface area (TPSA) is 76.4 Å². The minimum absolute atomic E-state index is 0. The summed E-state index contributed by atoms with van der Waals surface area (Å²) in [6, 6.07) is 0. The van der Waals surface area contributed by atoms with Crippen molar-refractivity contribution in [1.29, 1.82) is 0 Å². The maximum Gasteiger partial charge on any atom is 0.191 e. The quantitative estimate of drug-likeness (QED) is 0.262. The molecule has 0 spiro atoms. The number of hydrogen-bond donors (Lipinski definition) is 2. The third-order valence-corrected chi connectivity index (χ3v) is 4.60. The van der Waals surface area contributed by atoms with Crippen molar-refractivity contribution in [3.63, 3.8) is 0 Å². The monoisotopic (exact) mass is 468 g/mol. The van der Waals surface area contributed by atoms with Gasteiger partial charge in [-0.1, -0.05) is 0 Å². The molecule has 1 atom stereocenters. The van der Waals surface area contributed by atoms with Crippen LogP contribution in [0.2, 0.25) is 0 Å². The van der Waals surface area contributed by atoms with Crippen LogP contribution >= 0.6 is 35.7 Å². The fourth-order valence-corrected chi connectivity index (χ4v) is 2.78. The zero-order valence-corrected chi connectivity index (χ0v) is 17.9. The molecular weight excluding hydrogens is 439 g/mol. The molecule has 0 amide bonds. The summed E-state index contributed by atoms with van der Waals surface area (Å²) in [5.74, 6) is 3.73. The van der Waals surface area contributed by atoms with Gasteiger partial charge in [-0.25, -0.2) is 4.99 Å². The van der Waals surface area contributed by atoms with E-state index < -0.39 is 0 Å². The van der Waals surface area contributed by atoms with Crippen molar-refractivity contribution >= 4 is 41.7 Å². The predicted octanol–water partition coefficient (Wildman–Crippen LogP) is 1.71. The van der Waals surface area contributed by atoms with Gasteiger partial charge in [-0.15, -0.1) is 34.2 Å². The third kappa shape index (κ3) is 7.14. The van der Waals surface area contributed by atoms with Gasteiger partial charge in [-0.2, -0.15) is 11.8 Å². The fraction of sp³-hybridized carbons (Fsp3) is 0.800. The van der Waals surface area contributed by atoms with Gasteiger partial charge in [0.25, 0.3) is 0 Å². The van der Waals surface area contributed by atoms with Gasteiger partial charge in [-0.3, -0.25) is 0 Å². The van der Waals surface area contributed by atoms with Gasteiger partial charge >= 0.3 is 0 Å². The number of ether oxygens (including phenoxy) is 1. The van der Waals surface area contributed by atoms with Crippen LogP contribution in [0.5, 0.6) is 0 Å². The van der Waals surface area contributed by atoms with Crippen LogP contribution in [0.1, 0.15) is 30.9 Å². The first kappa shape index (κ1) is 21.5. The first-order chi connectivity index (χ1) is 11.2. The molecule has 1 saturated heterocycles. The number of halogens is 1. The summed E-state index contributed by atoms with van der Waals surface area (Å²) in [4.78, 5) is 4.64. The zero-order valence-electron chi connectivity index (χ0n) is 14.7. The largest absolute Gasteiger partial charge is 0.376 e. The third-order valence-electron chi connectivity index (χ3n) is 3.90. The maximum absolute atomic E-state index is 5.66. The summed E-state index contributed by atoms with van der Waals surface area (Å²) in [6.45, 7) is 5.04. The summed E-state index contributed by atoms with van der Waals surface area (Å²) >= 11 is 1.86. The lowest BCUT2D eigenvalue weighted by molar-refractivity contribution is 0.114. The highest BCUT2D eigenvalue weighted by molar-refractivity contribution is 14.0. The number of guanidine groups is 1. The first-order valence-corrected chi connectivity index (χ1v) is 9.57. The van der Waals surface area contributed by atoms with Crippen molar-refractivity contribution in [3.05, 3.63) is 11.6 Å². The lowest BCUT2D eigenvalue weighted by Crippen LogP contribution is -2.41. The van der Waals surface area contributed by atoms with Crippen LogP contribution in [-0.4, -0.2) is 58.5 Å². The summed E-state index contributed by atoms with van der Waals surface area (Å²) < 4.78 is 7.62. The minimum atomic E-state index is 0. The minimum Gasteiger partial charge on any atom is -0.376 e. The van der Waals surface area contributed by atoms with Crippen molar-refractivity contribution in [3.8, 4) is 0 Å². The number of nitrogens with zero attached hydrogens (tertiary/aromatic N) is 4. The van der Waals surface area contributed by atoms with Gasteiger partial charge < -0.3 is 19.9 Å². The molecule has 0 aliphatic carbocycles. The molecule has 1 aliphatic rings. The van der Waals surface area contributed by atoms with Crippen molar-refractivity contribution in [2.45, 2.75) is 38.8 Å². The van der Waals surface area contributed by atoms with Crippen molar-refractivity contribution < 1.29 is 4.74 Å². The number of aromatic nitrogens is 3. The van der Waals surface area contributed by atoms with Gasteiger partial charge in [0.1, 0.15) is 12.4 Å². The highest BCUT2D eigenvalue weighted by Crippen LogP contribution is 2.10. The van der Waals surface area contributed by atoms with Crippen LogP contribution in [0.15, 0.2) is 4.99 Å². The molecular formula is C15H29IN6OS. The molecule has 0 bridgehead atoms. The maximum atomic E-state index is 5.66. The van der Waals surface area contributed by atoms with Gasteiger partial charge in [-0.05, 0) is 38.2 Å². The molecule has 2 N–H and O–H groups in total. The molecule has 1 unspecified atom stereocenters. The van der Waals surface area contributed by atoms with Crippen LogP contribution in [0.3, 0.4) is 0 Å². The molecule has 1 aromatic rings. The Morgan fingerprint density at radius 3 is 2.88 bits per heavy atom. The standard InChI is InChI=1S/C15H28N6OS.HI/c1-12-19-20-14(21(12)2)11-18-15(16-7-5-9-23-3)17-10-13-6-4-8-22-13;/h13H,4-11H2,1-3H3,(H2,16,17,18);1H. The molecule has 1 fully saturated rings. The molecule has 0 radical (unpaired) electrons. The predicted molar refractivity (Wildman–Crippen MR) is 110 cm³/mol. The van der Waals surface area contributed by atoms with Crippen LogP contribution < -0.4 is 10.6 Å².